The highest BCUT2D eigenvalue weighted by Gasteiger charge is 2.28. The van der Waals surface area contributed by atoms with Crippen molar-refractivity contribution in [1.29, 1.82) is 0 Å². The number of nitrogens with zero attached hydrogens (tertiary/aromatic N) is 3. The molecule has 0 spiro atoms. The van der Waals surface area contributed by atoms with Gasteiger partial charge in [0.2, 0.25) is 0 Å². The zero-order valence-corrected chi connectivity index (χ0v) is 13.5. The van der Waals surface area contributed by atoms with Gasteiger partial charge in [0, 0.05) is 42.8 Å². The number of nitrogens with one attached hydrogen (secondary N) is 2. The Kier molecular flexibility index (Phi) is 3.65. The van der Waals surface area contributed by atoms with Gasteiger partial charge in [-0.3, -0.25) is 4.79 Å². The van der Waals surface area contributed by atoms with Crippen molar-refractivity contribution in [3.63, 3.8) is 0 Å². The smallest absolute Gasteiger partial charge is 0.251 e. The van der Waals surface area contributed by atoms with E-state index in [0.717, 1.165) is 35.5 Å². The average Bonchev–Trinajstić information content (AvgIpc) is 3.02. The van der Waals surface area contributed by atoms with Crippen molar-refractivity contribution in [2.75, 3.05) is 24.5 Å². The van der Waals surface area contributed by atoms with Gasteiger partial charge in [-0.2, -0.15) is 5.10 Å². The molecule has 6 heteroatoms. The second-order valence-electron chi connectivity index (χ2n) is 6.29. The number of hydrogen-bond donors (Lipinski definition) is 2. The van der Waals surface area contributed by atoms with Crippen molar-refractivity contribution in [3.05, 3.63) is 53.9 Å². The summed E-state index contributed by atoms with van der Waals surface area (Å²) < 4.78 is 0. The average molecular weight is 321 g/mol. The van der Waals surface area contributed by atoms with Crippen LogP contribution in [-0.2, 0) is 0 Å². The predicted octanol–water partition coefficient (Wildman–Crippen LogP) is 2.13. The lowest BCUT2D eigenvalue weighted by atomic mass is 10.00. The zero-order valence-electron chi connectivity index (χ0n) is 13.5. The van der Waals surface area contributed by atoms with Crippen LogP contribution in [0, 0.1) is 12.8 Å². The third kappa shape index (κ3) is 2.82. The van der Waals surface area contributed by atoms with Crippen molar-refractivity contribution < 1.29 is 4.79 Å². The summed E-state index contributed by atoms with van der Waals surface area (Å²) in [6.45, 7) is 4.40. The minimum absolute atomic E-state index is 0.0277. The Labute approximate surface area is 139 Å². The van der Waals surface area contributed by atoms with Crippen molar-refractivity contribution in [1.82, 2.24) is 20.5 Å². The van der Waals surface area contributed by atoms with Crippen molar-refractivity contribution in [2.45, 2.75) is 6.92 Å². The van der Waals surface area contributed by atoms with Crippen molar-refractivity contribution >= 4 is 22.6 Å². The maximum atomic E-state index is 12.3. The Balaban J connectivity index is 1.30. The molecule has 3 aromatic rings. The summed E-state index contributed by atoms with van der Waals surface area (Å²) >= 11 is 0. The van der Waals surface area contributed by atoms with Gasteiger partial charge in [0.1, 0.15) is 0 Å². The van der Waals surface area contributed by atoms with Crippen LogP contribution < -0.4 is 10.2 Å². The fourth-order valence-corrected chi connectivity index (χ4v) is 2.97. The quantitative estimate of drug-likeness (QED) is 0.772. The minimum Gasteiger partial charge on any atom is -0.361 e. The molecule has 4 rings (SSSR count). The number of aromatic nitrogens is 3. The molecule has 1 amide bonds. The molecular formula is C18H19N5O. The molecule has 3 heterocycles. The molecule has 2 N–H and O–H groups in total. The Morgan fingerprint density at radius 1 is 1.25 bits per heavy atom. The van der Waals surface area contributed by atoms with E-state index in [9.17, 15) is 4.79 Å². The van der Waals surface area contributed by atoms with Gasteiger partial charge in [-0.15, -0.1) is 5.10 Å². The first kappa shape index (κ1) is 14.7. The summed E-state index contributed by atoms with van der Waals surface area (Å²) in [5.74, 6) is 1.33. The van der Waals surface area contributed by atoms with Crippen molar-refractivity contribution in [2.24, 2.45) is 5.92 Å². The number of aromatic amines is 1. The lowest BCUT2D eigenvalue weighted by Crippen LogP contribution is -2.51. The lowest BCUT2D eigenvalue weighted by Gasteiger charge is -2.39. The number of rotatable bonds is 4. The van der Waals surface area contributed by atoms with Gasteiger partial charge in [0.25, 0.3) is 5.91 Å². The van der Waals surface area contributed by atoms with Gasteiger partial charge >= 0.3 is 0 Å². The van der Waals surface area contributed by atoms with Gasteiger partial charge in [0.05, 0.1) is 5.69 Å². The van der Waals surface area contributed by atoms with E-state index >= 15 is 0 Å². The number of benzene rings is 1. The van der Waals surface area contributed by atoms with E-state index in [4.69, 9.17) is 0 Å². The summed E-state index contributed by atoms with van der Waals surface area (Å²) in [6.07, 6.45) is 1.88. The van der Waals surface area contributed by atoms with Crippen molar-refractivity contribution in [3.8, 4) is 0 Å². The molecule has 1 saturated heterocycles. The molecule has 6 nitrogen and oxygen atoms in total. The van der Waals surface area contributed by atoms with Crippen LogP contribution in [0.3, 0.4) is 0 Å². The minimum atomic E-state index is -0.0277. The molecule has 0 aliphatic carbocycles. The van der Waals surface area contributed by atoms with E-state index < -0.39 is 0 Å². The number of hydrogen-bond acceptors (Lipinski definition) is 4. The summed E-state index contributed by atoms with van der Waals surface area (Å²) in [5, 5.41) is 12.4. The third-order valence-corrected chi connectivity index (χ3v) is 4.43. The van der Waals surface area contributed by atoms with E-state index in [2.05, 4.69) is 25.4 Å². The fourth-order valence-electron chi connectivity index (χ4n) is 2.97. The first-order chi connectivity index (χ1) is 11.7. The highest BCUT2D eigenvalue weighted by Crippen LogP contribution is 2.21. The second-order valence-corrected chi connectivity index (χ2v) is 6.29. The van der Waals surface area contributed by atoms with Crippen LogP contribution in [0.1, 0.15) is 16.1 Å². The Bertz CT molecular complexity index is 865. The second kappa shape index (κ2) is 5.96. The van der Waals surface area contributed by atoms with E-state index in [0.29, 0.717) is 18.0 Å². The predicted molar refractivity (Wildman–Crippen MR) is 93.1 cm³/mol. The maximum absolute atomic E-state index is 12.3. The molecule has 1 aliphatic heterocycles. The normalized spacial score (nSPS) is 14.6. The molecule has 2 aromatic heterocycles. The number of carbonyl (C=O) groups is 1. The number of fused-ring (bicyclic) bond motifs is 1. The van der Waals surface area contributed by atoms with Crippen LogP contribution in [0.25, 0.3) is 10.9 Å². The number of carbonyl (C=O) groups excluding carboxylic acids is 1. The molecule has 0 atom stereocenters. The fraction of sp³-hybridized carbons (Fsp3) is 0.278. The first-order valence-electron chi connectivity index (χ1n) is 8.10. The number of aryl methyl sites for hydroxylation is 1. The number of amides is 1. The Hall–Kier alpha value is -2.89. The van der Waals surface area contributed by atoms with Gasteiger partial charge in [-0.1, -0.05) is 6.07 Å². The largest absolute Gasteiger partial charge is 0.361 e. The summed E-state index contributed by atoms with van der Waals surface area (Å²) in [7, 11) is 0. The van der Waals surface area contributed by atoms with Crippen LogP contribution in [0.4, 0.5) is 5.82 Å². The molecule has 122 valence electrons. The molecule has 1 fully saturated rings. The summed E-state index contributed by atoms with van der Waals surface area (Å²) in [4.78, 5) is 17.6. The van der Waals surface area contributed by atoms with Gasteiger partial charge in [-0.05, 0) is 42.6 Å². The monoisotopic (exact) mass is 321 g/mol. The van der Waals surface area contributed by atoms with Crippen LogP contribution in [0.15, 0.2) is 42.6 Å². The SMILES string of the molecule is Cc1ccc(N2CC(CNC(=O)c3ccc4cc[nH]c4c3)C2)nn1. The topological polar surface area (TPSA) is 73.9 Å². The zero-order chi connectivity index (χ0) is 16.5. The van der Waals surface area contributed by atoms with Crippen LogP contribution in [-0.4, -0.2) is 40.7 Å². The van der Waals surface area contributed by atoms with E-state index in [1.807, 2.05) is 49.5 Å². The molecule has 1 aromatic carbocycles. The molecule has 0 radical (unpaired) electrons. The molecule has 0 unspecified atom stereocenters. The van der Waals surface area contributed by atoms with Crippen LogP contribution >= 0.6 is 0 Å². The highest BCUT2D eigenvalue weighted by atomic mass is 16.1. The highest BCUT2D eigenvalue weighted by molar-refractivity contribution is 5.97. The number of H-pyrrole nitrogens is 1. The standard InChI is InChI=1S/C18H19N5O/c1-12-2-5-17(22-21-12)23-10-13(11-23)9-20-18(24)15-4-3-14-6-7-19-16(14)8-15/h2-8,13,19H,9-11H2,1H3,(H,20,24). The van der Waals surface area contributed by atoms with Gasteiger partial charge in [0.15, 0.2) is 5.82 Å². The molecule has 0 saturated carbocycles. The number of anilines is 1. The Morgan fingerprint density at radius 3 is 2.92 bits per heavy atom. The van der Waals surface area contributed by atoms with E-state index in [1.165, 1.54) is 0 Å². The van der Waals surface area contributed by atoms with Gasteiger partial charge < -0.3 is 15.2 Å². The summed E-state index contributed by atoms with van der Waals surface area (Å²) in [6, 6.07) is 11.7. The van der Waals surface area contributed by atoms with Gasteiger partial charge in [-0.25, -0.2) is 0 Å². The first-order valence-corrected chi connectivity index (χ1v) is 8.10. The molecule has 1 aliphatic rings. The lowest BCUT2D eigenvalue weighted by molar-refractivity contribution is 0.0944. The Morgan fingerprint density at radius 2 is 2.12 bits per heavy atom. The molecule has 24 heavy (non-hydrogen) atoms. The summed E-state index contributed by atoms with van der Waals surface area (Å²) in [5.41, 5.74) is 2.59. The van der Waals surface area contributed by atoms with E-state index in [1.54, 1.807) is 0 Å². The van der Waals surface area contributed by atoms with Crippen LogP contribution in [0.2, 0.25) is 0 Å². The third-order valence-electron chi connectivity index (χ3n) is 4.43. The molecule has 0 bridgehead atoms. The maximum Gasteiger partial charge on any atom is 0.251 e. The van der Waals surface area contributed by atoms with E-state index in [-0.39, 0.29) is 5.91 Å². The van der Waals surface area contributed by atoms with Crippen LogP contribution in [0.5, 0.6) is 0 Å². The molecular weight excluding hydrogens is 302 g/mol.